The molecule has 0 fully saturated rings. The molecule has 0 heterocycles. The number of unbranched alkanes of at least 4 members (excludes halogenated alkanes) is 2. The number of aliphatic carboxylic acids is 2. The summed E-state index contributed by atoms with van der Waals surface area (Å²) < 4.78 is 0. The molecule has 3 unspecified atom stereocenters. The highest BCUT2D eigenvalue weighted by atomic mass is 16.4. The number of allylic oxidation sites excluding steroid dienone is 2. The van der Waals surface area contributed by atoms with E-state index < -0.39 is 22.8 Å². The second-order valence-electron chi connectivity index (χ2n) is 6.29. The molecule has 0 aromatic rings. The summed E-state index contributed by atoms with van der Waals surface area (Å²) >= 11 is 0. The predicted molar refractivity (Wildman–Crippen MR) is 82.1 cm³/mol. The molecule has 0 radical (unpaired) electrons. The van der Waals surface area contributed by atoms with Crippen LogP contribution in [-0.4, -0.2) is 22.2 Å². The number of carboxylic acid groups (broad SMARTS) is 2. The summed E-state index contributed by atoms with van der Waals surface area (Å²) in [5, 5.41) is 19.9. The van der Waals surface area contributed by atoms with Crippen LogP contribution in [0.1, 0.15) is 65.7 Å². The maximum Gasteiger partial charge on any atom is 0.311 e. The second kappa shape index (κ2) is 7.10. The Kier molecular flexibility index (Phi) is 5.99. The molecule has 120 valence electrons. The summed E-state index contributed by atoms with van der Waals surface area (Å²) in [7, 11) is 0. The fraction of sp³-hybridized carbons (Fsp3) is 0.765. The van der Waals surface area contributed by atoms with Gasteiger partial charge in [0.1, 0.15) is 0 Å². The molecule has 4 heteroatoms. The molecule has 0 saturated heterocycles. The molecule has 21 heavy (non-hydrogen) atoms. The maximum atomic E-state index is 12.2. The quantitative estimate of drug-likeness (QED) is 0.661. The first-order chi connectivity index (χ1) is 9.89. The van der Waals surface area contributed by atoms with Gasteiger partial charge in [0.05, 0.1) is 10.8 Å². The Hall–Kier alpha value is -1.32. The van der Waals surface area contributed by atoms with Crippen LogP contribution in [0.4, 0.5) is 0 Å². The van der Waals surface area contributed by atoms with Crippen LogP contribution in [0.15, 0.2) is 12.2 Å². The number of hydrogen-bond donors (Lipinski definition) is 2. The Bertz CT molecular complexity index is 415. The fourth-order valence-corrected chi connectivity index (χ4v) is 3.87. The van der Waals surface area contributed by atoms with Gasteiger partial charge in [-0.05, 0) is 25.2 Å². The highest BCUT2D eigenvalue weighted by Crippen LogP contribution is 2.57. The van der Waals surface area contributed by atoms with Crippen molar-refractivity contribution in [2.24, 2.45) is 16.7 Å². The van der Waals surface area contributed by atoms with Gasteiger partial charge in [-0.15, -0.1) is 0 Å². The number of hydrogen-bond acceptors (Lipinski definition) is 2. The Morgan fingerprint density at radius 1 is 1.10 bits per heavy atom. The number of rotatable bonds is 8. The van der Waals surface area contributed by atoms with Crippen molar-refractivity contribution in [2.45, 2.75) is 65.7 Å². The standard InChI is InChI=1S/C17H28O4/c1-4-6-10-16(14(18)19)11-8-9-13(3)17(16,15(20)21)12-7-5-2/h8-9,13H,4-7,10-12H2,1-3H3,(H,18,19)(H,20,21). The van der Waals surface area contributed by atoms with Gasteiger partial charge in [0.15, 0.2) is 0 Å². The highest BCUT2D eigenvalue weighted by molar-refractivity contribution is 5.88. The van der Waals surface area contributed by atoms with Crippen LogP contribution in [0, 0.1) is 16.7 Å². The van der Waals surface area contributed by atoms with Gasteiger partial charge in [-0.3, -0.25) is 9.59 Å². The molecule has 4 nitrogen and oxygen atoms in total. The Morgan fingerprint density at radius 3 is 2.14 bits per heavy atom. The summed E-state index contributed by atoms with van der Waals surface area (Å²) in [4.78, 5) is 24.3. The first-order valence-electron chi connectivity index (χ1n) is 8.02. The second-order valence-corrected chi connectivity index (χ2v) is 6.29. The monoisotopic (exact) mass is 296 g/mol. The lowest BCUT2D eigenvalue weighted by atomic mass is 9.50. The van der Waals surface area contributed by atoms with Crippen molar-refractivity contribution in [3.05, 3.63) is 12.2 Å². The van der Waals surface area contributed by atoms with Crippen molar-refractivity contribution in [3.8, 4) is 0 Å². The van der Waals surface area contributed by atoms with Crippen LogP contribution in [0.2, 0.25) is 0 Å². The number of carboxylic acids is 2. The van der Waals surface area contributed by atoms with Crippen LogP contribution < -0.4 is 0 Å². The average Bonchev–Trinajstić information content (AvgIpc) is 2.43. The molecular formula is C17H28O4. The van der Waals surface area contributed by atoms with Gasteiger partial charge < -0.3 is 10.2 Å². The normalized spacial score (nSPS) is 32.0. The van der Waals surface area contributed by atoms with E-state index in [1.165, 1.54) is 0 Å². The van der Waals surface area contributed by atoms with Crippen molar-refractivity contribution >= 4 is 11.9 Å². The third-order valence-electron chi connectivity index (χ3n) is 5.20. The zero-order valence-electron chi connectivity index (χ0n) is 13.4. The Balaban J connectivity index is 3.42. The molecule has 0 aromatic heterocycles. The minimum Gasteiger partial charge on any atom is -0.481 e. The molecule has 0 bridgehead atoms. The van der Waals surface area contributed by atoms with E-state index in [2.05, 4.69) is 0 Å². The number of carbonyl (C=O) groups is 2. The summed E-state index contributed by atoms with van der Waals surface area (Å²) in [6.07, 6.45) is 8.16. The smallest absolute Gasteiger partial charge is 0.311 e. The molecule has 0 aliphatic heterocycles. The van der Waals surface area contributed by atoms with Gasteiger partial charge in [-0.25, -0.2) is 0 Å². The third kappa shape index (κ3) is 2.85. The molecule has 0 spiro atoms. The first-order valence-corrected chi connectivity index (χ1v) is 8.02. The minimum absolute atomic E-state index is 0.261. The summed E-state index contributed by atoms with van der Waals surface area (Å²) in [6.45, 7) is 5.86. The molecule has 3 atom stereocenters. The fourth-order valence-electron chi connectivity index (χ4n) is 3.87. The van der Waals surface area contributed by atoms with Crippen molar-refractivity contribution in [1.82, 2.24) is 0 Å². The van der Waals surface area contributed by atoms with E-state index in [0.717, 1.165) is 25.7 Å². The van der Waals surface area contributed by atoms with Gasteiger partial charge >= 0.3 is 11.9 Å². The lowest BCUT2D eigenvalue weighted by Gasteiger charge is -2.50. The van der Waals surface area contributed by atoms with Gasteiger partial charge in [0.25, 0.3) is 0 Å². The summed E-state index contributed by atoms with van der Waals surface area (Å²) in [6, 6.07) is 0. The Labute approximate surface area is 127 Å². The average molecular weight is 296 g/mol. The van der Waals surface area contributed by atoms with E-state index in [1.807, 2.05) is 32.9 Å². The molecule has 0 saturated carbocycles. The molecule has 1 aliphatic rings. The van der Waals surface area contributed by atoms with E-state index in [0.29, 0.717) is 19.3 Å². The van der Waals surface area contributed by atoms with E-state index in [4.69, 9.17) is 0 Å². The van der Waals surface area contributed by atoms with Gasteiger partial charge in [-0.1, -0.05) is 58.6 Å². The third-order valence-corrected chi connectivity index (χ3v) is 5.20. The first kappa shape index (κ1) is 17.7. The van der Waals surface area contributed by atoms with E-state index >= 15 is 0 Å². The SMILES string of the molecule is CCCCC1(C(=O)O)CC=CC(C)C1(CCCC)C(=O)O. The molecular weight excluding hydrogens is 268 g/mol. The van der Waals surface area contributed by atoms with Crippen molar-refractivity contribution < 1.29 is 19.8 Å². The van der Waals surface area contributed by atoms with Crippen LogP contribution in [-0.2, 0) is 9.59 Å². The zero-order valence-corrected chi connectivity index (χ0v) is 13.4. The largest absolute Gasteiger partial charge is 0.481 e. The lowest BCUT2D eigenvalue weighted by molar-refractivity contribution is -0.182. The van der Waals surface area contributed by atoms with Crippen molar-refractivity contribution in [3.63, 3.8) is 0 Å². The van der Waals surface area contributed by atoms with Crippen molar-refractivity contribution in [1.29, 1.82) is 0 Å². The van der Waals surface area contributed by atoms with Crippen LogP contribution in [0.25, 0.3) is 0 Å². The van der Waals surface area contributed by atoms with Crippen LogP contribution >= 0.6 is 0 Å². The van der Waals surface area contributed by atoms with Crippen LogP contribution in [0.5, 0.6) is 0 Å². The van der Waals surface area contributed by atoms with Crippen LogP contribution in [0.3, 0.4) is 0 Å². The summed E-state index contributed by atoms with van der Waals surface area (Å²) in [5.41, 5.74) is -2.38. The van der Waals surface area contributed by atoms with E-state index in [-0.39, 0.29) is 5.92 Å². The zero-order chi connectivity index (χ0) is 16.1. The van der Waals surface area contributed by atoms with Crippen molar-refractivity contribution in [2.75, 3.05) is 0 Å². The topological polar surface area (TPSA) is 74.6 Å². The highest BCUT2D eigenvalue weighted by Gasteiger charge is 2.63. The summed E-state index contributed by atoms with van der Waals surface area (Å²) in [5.74, 6) is -2.17. The molecule has 0 amide bonds. The van der Waals surface area contributed by atoms with E-state index in [1.54, 1.807) is 0 Å². The van der Waals surface area contributed by atoms with E-state index in [9.17, 15) is 19.8 Å². The van der Waals surface area contributed by atoms with Gasteiger partial charge in [0.2, 0.25) is 0 Å². The van der Waals surface area contributed by atoms with Gasteiger partial charge in [-0.2, -0.15) is 0 Å². The predicted octanol–water partition coefficient (Wildman–Crippen LogP) is 4.10. The molecule has 0 aromatic carbocycles. The maximum absolute atomic E-state index is 12.2. The molecule has 2 N–H and O–H groups in total. The molecule has 1 aliphatic carbocycles. The molecule has 1 rings (SSSR count). The minimum atomic E-state index is -1.20. The van der Waals surface area contributed by atoms with Gasteiger partial charge in [0, 0.05) is 0 Å². The lowest BCUT2D eigenvalue weighted by Crippen LogP contribution is -2.57. The Morgan fingerprint density at radius 2 is 1.67 bits per heavy atom.